The van der Waals surface area contributed by atoms with Gasteiger partial charge in [0.1, 0.15) is 6.61 Å². The van der Waals surface area contributed by atoms with Gasteiger partial charge >= 0.3 is 5.97 Å². The maximum atomic E-state index is 11.8. The highest BCUT2D eigenvalue weighted by Gasteiger charge is 2.18. The first-order valence-electron chi connectivity index (χ1n) is 5.72. The molecule has 0 bridgehead atoms. The second kappa shape index (κ2) is 7.40. The van der Waals surface area contributed by atoms with Crippen LogP contribution < -0.4 is 0 Å². The number of aromatic hydroxyl groups is 2. The third kappa shape index (κ3) is 3.97. The molecule has 0 radical (unpaired) electrons. The molecule has 104 valence electrons. The molecular weight excluding hydrogens is 252 g/mol. The highest BCUT2D eigenvalue weighted by Crippen LogP contribution is 2.33. The maximum absolute atomic E-state index is 11.8. The van der Waals surface area contributed by atoms with Crippen LogP contribution in [0.5, 0.6) is 11.5 Å². The lowest BCUT2D eigenvalue weighted by atomic mass is 10.0. The van der Waals surface area contributed by atoms with Crippen molar-refractivity contribution in [3.05, 3.63) is 29.8 Å². The number of phenolic OH excluding ortho intramolecular Hbond substituents is 2. The lowest BCUT2D eigenvalue weighted by Crippen LogP contribution is -2.10. The fraction of sp³-hybridized carbons (Fsp3) is 0.308. The molecule has 1 aromatic rings. The molecule has 0 heterocycles. The van der Waals surface area contributed by atoms with E-state index in [1.54, 1.807) is 0 Å². The van der Waals surface area contributed by atoms with Crippen LogP contribution in [-0.4, -0.2) is 46.2 Å². The van der Waals surface area contributed by atoms with Gasteiger partial charge in [-0.25, -0.2) is 4.79 Å². The van der Waals surface area contributed by atoms with E-state index in [0.29, 0.717) is 0 Å². The number of para-hydroxylation sites is 1. The Morgan fingerprint density at radius 1 is 1.21 bits per heavy atom. The number of hydrogen-bond donors (Lipinski definition) is 4. The Labute approximate surface area is 110 Å². The average molecular weight is 268 g/mol. The van der Waals surface area contributed by atoms with Crippen LogP contribution in [0.4, 0.5) is 0 Å². The summed E-state index contributed by atoms with van der Waals surface area (Å²) < 4.78 is 4.77. The lowest BCUT2D eigenvalue weighted by Gasteiger charge is -2.10. The molecule has 4 N–H and O–H groups in total. The zero-order valence-corrected chi connectivity index (χ0v) is 10.2. The summed E-state index contributed by atoms with van der Waals surface area (Å²) in [5, 5.41) is 36.6. The van der Waals surface area contributed by atoms with Crippen molar-refractivity contribution in [1.29, 1.82) is 0 Å². The Balaban J connectivity index is 3.10. The van der Waals surface area contributed by atoms with Gasteiger partial charge < -0.3 is 25.2 Å². The Kier molecular flexibility index (Phi) is 5.84. The lowest BCUT2D eigenvalue weighted by molar-refractivity contribution is -0.137. The van der Waals surface area contributed by atoms with Gasteiger partial charge in [0.15, 0.2) is 11.5 Å². The van der Waals surface area contributed by atoms with Gasteiger partial charge in [-0.05, 0) is 12.5 Å². The summed E-state index contributed by atoms with van der Waals surface area (Å²) in [5.74, 6) is -1.54. The van der Waals surface area contributed by atoms with Gasteiger partial charge in [0.05, 0.1) is 12.2 Å². The van der Waals surface area contributed by atoms with E-state index >= 15 is 0 Å². The molecule has 0 aromatic heterocycles. The highest BCUT2D eigenvalue weighted by atomic mass is 16.5. The van der Waals surface area contributed by atoms with E-state index < -0.39 is 11.7 Å². The van der Waals surface area contributed by atoms with E-state index in [0.717, 1.165) is 0 Å². The highest BCUT2D eigenvalue weighted by molar-refractivity contribution is 6.17. The fourth-order valence-corrected chi connectivity index (χ4v) is 1.48. The molecule has 19 heavy (non-hydrogen) atoms. The van der Waals surface area contributed by atoms with E-state index in [4.69, 9.17) is 14.9 Å². The SMILES string of the molecule is O=C(OCCO)C(=CCCO)c1cccc(O)c1O. The first-order chi connectivity index (χ1) is 9.11. The number of hydrogen-bond acceptors (Lipinski definition) is 6. The molecule has 0 amide bonds. The number of aliphatic hydroxyl groups excluding tert-OH is 2. The van der Waals surface area contributed by atoms with Crippen LogP contribution in [0.1, 0.15) is 12.0 Å². The zero-order chi connectivity index (χ0) is 14.3. The third-order valence-electron chi connectivity index (χ3n) is 2.33. The number of aliphatic hydroxyl groups is 2. The number of ether oxygens (including phenoxy) is 1. The van der Waals surface area contributed by atoms with Gasteiger partial charge in [-0.2, -0.15) is 0 Å². The summed E-state index contributed by atoms with van der Waals surface area (Å²) in [6, 6.07) is 4.19. The molecule has 0 fully saturated rings. The Hall–Kier alpha value is -2.05. The summed E-state index contributed by atoms with van der Waals surface area (Å²) in [4.78, 5) is 11.8. The molecule has 1 aromatic carbocycles. The van der Waals surface area contributed by atoms with E-state index in [2.05, 4.69) is 0 Å². The van der Waals surface area contributed by atoms with Crippen molar-refractivity contribution in [3.63, 3.8) is 0 Å². The molecule has 0 aliphatic rings. The van der Waals surface area contributed by atoms with Crippen molar-refractivity contribution in [3.8, 4) is 11.5 Å². The van der Waals surface area contributed by atoms with Crippen LogP contribution in [0.3, 0.4) is 0 Å². The normalized spacial score (nSPS) is 11.4. The van der Waals surface area contributed by atoms with Gasteiger partial charge in [-0.1, -0.05) is 18.2 Å². The number of rotatable bonds is 6. The summed E-state index contributed by atoms with van der Waals surface area (Å²) in [6.07, 6.45) is 1.59. The van der Waals surface area contributed by atoms with Crippen LogP contribution in [0.25, 0.3) is 5.57 Å². The molecule has 1 rings (SSSR count). The molecule has 0 saturated carbocycles. The number of esters is 1. The summed E-state index contributed by atoms with van der Waals surface area (Å²) in [6.45, 7) is -0.656. The Morgan fingerprint density at radius 3 is 2.58 bits per heavy atom. The number of phenols is 2. The van der Waals surface area contributed by atoms with Crippen LogP contribution in [0, 0.1) is 0 Å². The Bertz CT molecular complexity index is 466. The van der Waals surface area contributed by atoms with Crippen molar-refractivity contribution in [1.82, 2.24) is 0 Å². The molecule has 0 aliphatic heterocycles. The average Bonchev–Trinajstić information content (AvgIpc) is 2.41. The van der Waals surface area contributed by atoms with Crippen molar-refractivity contribution in [2.75, 3.05) is 19.8 Å². The van der Waals surface area contributed by atoms with Gasteiger partial charge in [-0.3, -0.25) is 0 Å². The first-order valence-corrected chi connectivity index (χ1v) is 5.72. The third-order valence-corrected chi connectivity index (χ3v) is 2.33. The van der Waals surface area contributed by atoms with Crippen LogP contribution >= 0.6 is 0 Å². The van der Waals surface area contributed by atoms with Crippen molar-refractivity contribution < 1.29 is 30.0 Å². The summed E-state index contributed by atoms with van der Waals surface area (Å²) in [5.41, 5.74) is 0.132. The largest absolute Gasteiger partial charge is 0.504 e. The van der Waals surface area contributed by atoms with Gasteiger partial charge in [-0.15, -0.1) is 0 Å². The molecule has 0 spiro atoms. The molecule has 0 atom stereocenters. The molecule has 0 saturated heterocycles. The molecular formula is C13H16O6. The van der Waals surface area contributed by atoms with E-state index in [1.807, 2.05) is 0 Å². The topological polar surface area (TPSA) is 107 Å². The molecule has 0 aliphatic carbocycles. The number of carbonyl (C=O) groups is 1. The number of benzene rings is 1. The predicted molar refractivity (Wildman–Crippen MR) is 67.5 cm³/mol. The maximum Gasteiger partial charge on any atom is 0.338 e. The van der Waals surface area contributed by atoms with E-state index in [-0.39, 0.29) is 43.1 Å². The van der Waals surface area contributed by atoms with Crippen molar-refractivity contribution in [2.45, 2.75) is 6.42 Å². The molecule has 6 heteroatoms. The van der Waals surface area contributed by atoms with E-state index in [1.165, 1.54) is 24.3 Å². The standard InChI is InChI=1S/C13H16O6/c14-6-2-4-10(13(18)19-8-7-15)9-3-1-5-11(16)12(9)17/h1,3-5,14-17H,2,6-8H2. The quantitative estimate of drug-likeness (QED) is 0.338. The van der Waals surface area contributed by atoms with Gasteiger partial charge in [0.2, 0.25) is 0 Å². The minimum atomic E-state index is -0.747. The summed E-state index contributed by atoms with van der Waals surface area (Å²) in [7, 11) is 0. The van der Waals surface area contributed by atoms with Gasteiger partial charge in [0.25, 0.3) is 0 Å². The fourth-order valence-electron chi connectivity index (χ4n) is 1.48. The van der Waals surface area contributed by atoms with Crippen molar-refractivity contribution in [2.24, 2.45) is 0 Å². The monoisotopic (exact) mass is 268 g/mol. The van der Waals surface area contributed by atoms with Crippen LogP contribution in [0.15, 0.2) is 24.3 Å². The molecule has 0 unspecified atom stereocenters. The smallest absolute Gasteiger partial charge is 0.338 e. The minimum absolute atomic E-state index is 0.0240. The van der Waals surface area contributed by atoms with Crippen LogP contribution in [-0.2, 0) is 9.53 Å². The van der Waals surface area contributed by atoms with Crippen LogP contribution in [0.2, 0.25) is 0 Å². The Morgan fingerprint density at radius 2 is 1.95 bits per heavy atom. The van der Waals surface area contributed by atoms with Gasteiger partial charge in [0, 0.05) is 12.2 Å². The summed E-state index contributed by atoms with van der Waals surface area (Å²) >= 11 is 0. The second-order valence-corrected chi connectivity index (χ2v) is 3.66. The molecule has 6 nitrogen and oxygen atoms in total. The number of carbonyl (C=O) groups excluding carboxylic acids is 1. The van der Waals surface area contributed by atoms with E-state index in [9.17, 15) is 15.0 Å². The minimum Gasteiger partial charge on any atom is -0.504 e. The second-order valence-electron chi connectivity index (χ2n) is 3.66. The predicted octanol–water partition coefficient (Wildman–Crippen LogP) is 0.399. The zero-order valence-electron chi connectivity index (χ0n) is 10.2. The first kappa shape index (κ1) is 15.0. The van der Waals surface area contributed by atoms with Crippen molar-refractivity contribution >= 4 is 11.5 Å².